The first-order chi connectivity index (χ1) is 10.8. The van der Waals surface area contributed by atoms with E-state index in [1.807, 2.05) is 12.1 Å². The lowest BCUT2D eigenvalue weighted by Gasteiger charge is -2.22. The second-order valence-corrected chi connectivity index (χ2v) is 7.60. The Bertz CT molecular complexity index is 665. The van der Waals surface area contributed by atoms with Crippen molar-refractivity contribution in [2.75, 3.05) is 0 Å². The van der Waals surface area contributed by atoms with Gasteiger partial charge in [0.25, 0.3) is 0 Å². The van der Waals surface area contributed by atoms with E-state index in [4.69, 9.17) is 9.05 Å². The SMILES string of the molecule is CCC(C)(C)Cc1ccc(OP(=O)(O)Oc2ccccc2)cc1. The lowest BCUT2D eigenvalue weighted by molar-refractivity contribution is 0.291. The van der Waals surface area contributed by atoms with Crippen molar-refractivity contribution in [2.45, 2.75) is 33.6 Å². The highest BCUT2D eigenvalue weighted by molar-refractivity contribution is 7.48. The molecule has 1 atom stereocenters. The van der Waals surface area contributed by atoms with Crippen LogP contribution in [-0.4, -0.2) is 4.89 Å². The van der Waals surface area contributed by atoms with Gasteiger partial charge in [0.15, 0.2) is 0 Å². The van der Waals surface area contributed by atoms with Crippen LogP contribution in [0.2, 0.25) is 0 Å². The van der Waals surface area contributed by atoms with Crippen LogP contribution in [0.1, 0.15) is 32.8 Å². The van der Waals surface area contributed by atoms with E-state index in [1.165, 1.54) is 5.56 Å². The standard InChI is InChI=1S/C18H23O4P/c1-4-18(2,3)14-15-10-12-17(13-11-15)22-23(19,20)21-16-8-6-5-7-9-16/h5-13H,4,14H2,1-3H3,(H,19,20). The van der Waals surface area contributed by atoms with Crippen molar-refractivity contribution in [1.82, 2.24) is 0 Å². The summed E-state index contributed by atoms with van der Waals surface area (Å²) in [5.74, 6) is 0.601. The predicted octanol–water partition coefficient (Wildman–Crippen LogP) is 5.22. The second kappa shape index (κ2) is 7.20. The van der Waals surface area contributed by atoms with Gasteiger partial charge in [-0.3, -0.25) is 4.89 Å². The van der Waals surface area contributed by atoms with Crippen molar-refractivity contribution in [3.8, 4) is 11.5 Å². The number of phosphoric ester groups is 1. The van der Waals surface area contributed by atoms with Crippen LogP contribution in [0, 0.1) is 5.41 Å². The van der Waals surface area contributed by atoms with Gasteiger partial charge in [-0.05, 0) is 41.7 Å². The van der Waals surface area contributed by atoms with E-state index < -0.39 is 7.82 Å². The summed E-state index contributed by atoms with van der Waals surface area (Å²) in [7, 11) is -4.20. The molecule has 0 aliphatic heterocycles. The minimum Gasteiger partial charge on any atom is -0.395 e. The molecule has 0 saturated heterocycles. The molecule has 23 heavy (non-hydrogen) atoms. The fourth-order valence-corrected chi connectivity index (χ4v) is 2.93. The zero-order chi connectivity index (χ0) is 16.9. The highest BCUT2D eigenvalue weighted by Crippen LogP contribution is 2.44. The van der Waals surface area contributed by atoms with E-state index in [1.54, 1.807) is 42.5 Å². The molecule has 0 bridgehead atoms. The molecule has 0 heterocycles. The maximum atomic E-state index is 12.0. The molecule has 0 saturated carbocycles. The third kappa shape index (κ3) is 5.74. The molecule has 124 valence electrons. The minimum absolute atomic E-state index is 0.227. The molecule has 0 aliphatic rings. The van der Waals surface area contributed by atoms with Gasteiger partial charge in [0.05, 0.1) is 0 Å². The van der Waals surface area contributed by atoms with Gasteiger partial charge in [0.1, 0.15) is 11.5 Å². The van der Waals surface area contributed by atoms with Crippen LogP contribution < -0.4 is 9.05 Å². The molecule has 1 unspecified atom stereocenters. The summed E-state index contributed by atoms with van der Waals surface area (Å²) in [6.07, 6.45) is 2.03. The number of rotatable bonds is 7. The molecule has 1 N–H and O–H groups in total. The van der Waals surface area contributed by atoms with Crippen molar-refractivity contribution >= 4 is 7.82 Å². The molecule has 0 radical (unpaired) electrons. The molecule has 0 aromatic heterocycles. The number of para-hydroxylation sites is 1. The Morgan fingerprint density at radius 3 is 2.00 bits per heavy atom. The van der Waals surface area contributed by atoms with Crippen molar-refractivity contribution in [2.24, 2.45) is 5.41 Å². The van der Waals surface area contributed by atoms with Crippen molar-refractivity contribution < 1.29 is 18.5 Å². The summed E-state index contributed by atoms with van der Waals surface area (Å²) in [6, 6.07) is 15.6. The Morgan fingerprint density at radius 2 is 1.48 bits per heavy atom. The first-order valence-corrected chi connectivity index (χ1v) is 9.15. The van der Waals surface area contributed by atoms with Crippen LogP contribution in [0.5, 0.6) is 11.5 Å². The quantitative estimate of drug-likeness (QED) is 0.705. The van der Waals surface area contributed by atoms with Gasteiger partial charge in [-0.2, -0.15) is 0 Å². The molecule has 0 fully saturated rings. The van der Waals surface area contributed by atoms with E-state index in [0.717, 1.165) is 12.8 Å². The van der Waals surface area contributed by atoms with Crippen LogP contribution >= 0.6 is 7.82 Å². The van der Waals surface area contributed by atoms with Crippen molar-refractivity contribution in [3.05, 3.63) is 60.2 Å². The van der Waals surface area contributed by atoms with Crippen LogP contribution in [0.25, 0.3) is 0 Å². The average molecular weight is 334 g/mol. The first-order valence-electron chi connectivity index (χ1n) is 7.66. The zero-order valence-electron chi connectivity index (χ0n) is 13.7. The molecular weight excluding hydrogens is 311 g/mol. The molecule has 5 heteroatoms. The maximum absolute atomic E-state index is 12.0. The van der Waals surface area contributed by atoms with Gasteiger partial charge in [-0.1, -0.05) is 57.5 Å². The lowest BCUT2D eigenvalue weighted by atomic mass is 9.83. The van der Waals surface area contributed by atoms with E-state index in [0.29, 0.717) is 11.5 Å². The zero-order valence-corrected chi connectivity index (χ0v) is 14.6. The van der Waals surface area contributed by atoms with E-state index in [-0.39, 0.29) is 5.41 Å². The summed E-state index contributed by atoms with van der Waals surface area (Å²) < 4.78 is 22.2. The molecule has 2 rings (SSSR count). The summed E-state index contributed by atoms with van der Waals surface area (Å²) in [6.45, 7) is 6.60. The molecule has 4 nitrogen and oxygen atoms in total. The Kier molecular flexibility index (Phi) is 5.51. The van der Waals surface area contributed by atoms with Crippen molar-refractivity contribution in [1.29, 1.82) is 0 Å². The molecule has 0 aliphatic carbocycles. The predicted molar refractivity (Wildman–Crippen MR) is 91.7 cm³/mol. The Hall–Kier alpha value is -1.77. The first kappa shape index (κ1) is 17.6. The Labute approximate surface area is 137 Å². The normalized spacial score (nSPS) is 14.1. The summed E-state index contributed by atoms with van der Waals surface area (Å²) in [5.41, 5.74) is 1.39. The molecule has 0 spiro atoms. The van der Waals surface area contributed by atoms with E-state index >= 15 is 0 Å². The smallest absolute Gasteiger partial charge is 0.395 e. The summed E-state index contributed by atoms with van der Waals surface area (Å²) in [4.78, 5) is 9.83. The number of hydrogen-bond donors (Lipinski definition) is 1. The second-order valence-electron chi connectivity index (χ2n) is 6.30. The fraction of sp³-hybridized carbons (Fsp3) is 0.333. The maximum Gasteiger partial charge on any atom is 0.584 e. The van der Waals surface area contributed by atoms with Gasteiger partial charge >= 0.3 is 7.82 Å². The van der Waals surface area contributed by atoms with Gasteiger partial charge in [0.2, 0.25) is 0 Å². The lowest BCUT2D eigenvalue weighted by Crippen LogP contribution is -2.13. The van der Waals surface area contributed by atoms with Crippen LogP contribution in [0.15, 0.2) is 54.6 Å². The van der Waals surface area contributed by atoms with Crippen LogP contribution in [-0.2, 0) is 11.0 Å². The van der Waals surface area contributed by atoms with Gasteiger partial charge < -0.3 is 9.05 Å². The minimum atomic E-state index is -4.20. The topological polar surface area (TPSA) is 55.8 Å². The monoisotopic (exact) mass is 334 g/mol. The Balaban J connectivity index is 2.01. The van der Waals surface area contributed by atoms with E-state index in [2.05, 4.69) is 20.8 Å². The van der Waals surface area contributed by atoms with Gasteiger partial charge in [-0.15, -0.1) is 0 Å². The number of phosphoric acid groups is 1. The van der Waals surface area contributed by atoms with E-state index in [9.17, 15) is 9.46 Å². The third-order valence-corrected chi connectivity index (χ3v) is 4.63. The number of benzene rings is 2. The van der Waals surface area contributed by atoms with Gasteiger partial charge in [-0.25, -0.2) is 4.57 Å². The van der Waals surface area contributed by atoms with Crippen LogP contribution in [0.3, 0.4) is 0 Å². The molecule has 2 aromatic rings. The van der Waals surface area contributed by atoms with Crippen LogP contribution in [0.4, 0.5) is 0 Å². The average Bonchev–Trinajstić information content (AvgIpc) is 2.49. The Morgan fingerprint density at radius 1 is 0.957 bits per heavy atom. The summed E-state index contributed by atoms with van der Waals surface area (Å²) >= 11 is 0. The molecule has 0 amide bonds. The number of hydrogen-bond acceptors (Lipinski definition) is 3. The largest absolute Gasteiger partial charge is 0.584 e. The third-order valence-electron chi connectivity index (χ3n) is 3.75. The highest BCUT2D eigenvalue weighted by Gasteiger charge is 2.25. The molecule has 2 aromatic carbocycles. The summed E-state index contributed by atoms with van der Waals surface area (Å²) in [5, 5.41) is 0. The molecular formula is C18H23O4P. The van der Waals surface area contributed by atoms with Crippen molar-refractivity contribution in [3.63, 3.8) is 0 Å². The highest BCUT2D eigenvalue weighted by atomic mass is 31.2. The fourth-order valence-electron chi connectivity index (χ4n) is 2.11. The van der Waals surface area contributed by atoms with Gasteiger partial charge in [0, 0.05) is 0 Å².